The number of halogens is 2. The van der Waals surface area contributed by atoms with E-state index in [-0.39, 0.29) is 17.1 Å². The summed E-state index contributed by atoms with van der Waals surface area (Å²) in [5.74, 6) is -3.65. The number of pyridine rings is 1. The number of nitrogens with zero attached hydrogens (tertiary/aromatic N) is 2. The molecule has 0 aliphatic heterocycles. The largest absolute Gasteiger partial charge is 0.478 e. The van der Waals surface area contributed by atoms with Crippen LogP contribution in [0.3, 0.4) is 0 Å². The molecule has 7 nitrogen and oxygen atoms in total. The van der Waals surface area contributed by atoms with Crippen molar-refractivity contribution in [3.63, 3.8) is 0 Å². The van der Waals surface area contributed by atoms with Gasteiger partial charge < -0.3 is 10.0 Å². The molecule has 0 unspecified atom stereocenters. The summed E-state index contributed by atoms with van der Waals surface area (Å²) in [7, 11) is -1.06. The molecule has 0 fully saturated rings. The first-order valence-corrected chi connectivity index (χ1v) is 7.98. The lowest BCUT2D eigenvalue weighted by Crippen LogP contribution is -2.18. The van der Waals surface area contributed by atoms with E-state index < -0.39 is 32.5 Å². The van der Waals surface area contributed by atoms with Crippen molar-refractivity contribution in [1.29, 1.82) is 0 Å². The topological polar surface area (TPSA) is 99.6 Å². The summed E-state index contributed by atoms with van der Waals surface area (Å²) >= 11 is 0. The van der Waals surface area contributed by atoms with E-state index in [0.29, 0.717) is 12.1 Å². The Morgan fingerprint density at radius 3 is 2.42 bits per heavy atom. The number of hydrogen-bond acceptors (Lipinski definition) is 5. The summed E-state index contributed by atoms with van der Waals surface area (Å²) in [5, 5.41) is 9.19. The molecule has 0 bridgehead atoms. The molecule has 0 saturated heterocycles. The summed E-state index contributed by atoms with van der Waals surface area (Å²) in [6.07, 6.45) is 1.12. The van der Waals surface area contributed by atoms with Crippen LogP contribution in [0.2, 0.25) is 0 Å². The number of carbonyl (C=O) groups is 1. The molecule has 0 saturated carbocycles. The summed E-state index contributed by atoms with van der Waals surface area (Å²) in [6, 6.07) is 3.18. The van der Waals surface area contributed by atoms with Gasteiger partial charge in [-0.2, -0.15) is 0 Å². The first-order chi connectivity index (χ1) is 11.1. The quantitative estimate of drug-likeness (QED) is 0.848. The Labute approximate surface area is 136 Å². The predicted molar refractivity (Wildman–Crippen MR) is 82.7 cm³/mol. The van der Waals surface area contributed by atoms with Crippen molar-refractivity contribution in [2.45, 2.75) is 4.90 Å². The number of sulfonamides is 1. The minimum absolute atomic E-state index is 0.122. The third-order valence-electron chi connectivity index (χ3n) is 2.97. The number of hydrogen-bond donors (Lipinski definition) is 2. The molecule has 1 heterocycles. The van der Waals surface area contributed by atoms with Crippen molar-refractivity contribution in [1.82, 2.24) is 4.98 Å². The van der Waals surface area contributed by atoms with Gasteiger partial charge in [-0.05, 0) is 24.3 Å². The lowest BCUT2D eigenvalue weighted by Gasteiger charge is -2.15. The number of aromatic carboxylic acids is 1. The zero-order chi connectivity index (χ0) is 18.1. The van der Waals surface area contributed by atoms with Gasteiger partial charge in [0.25, 0.3) is 10.0 Å². The summed E-state index contributed by atoms with van der Waals surface area (Å²) < 4.78 is 52.5. The molecule has 2 N–H and O–H groups in total. The normalized spacial score (nSPS) is 11.2. The number of aromatic nitrogens is 1. The molecule has 0 aliphatic carbocycles. The minimum atomic E-state index is -4.23. The highest BCUT2D eigenvalue weighted by molar-refractivity contribution is 7.92. The second kappa shape index (κ2) is 6.40. The number of benzene rings is 1. The average Bonchev–Trinajstić information content (AvgIpc) is 2.49. The van der Waals surface area contributed by atoms with Gasteiger partial charge in [-0.15, -0.1) is 0 Å². The number of carboxylic acids is 1. The average molecular weight is 357 g/mol. The van der Waals surface area contributed by atoms with Gasteiger partial charge in [0.05, 0.1) is 16.8 Å². The molecular formula is C14H13F2N3O4S. The molecule has 10 heteroatoms. The third kappa shape index (κ3) is 3.59. The van der Waals surface area contributed by atoms with Crippen LogP contribution < -0.4 is 9.62 Å². The van der Waals surface area contributed by atoms with Gasteiger partial charge in [0.2, 0.25) is 0 Å². The van der Waals surface area contributed by atoms with Gasteiger partial charge in [-0.1, -0.05) is 0 Å². The Bertz CT molecular complexity index is 901. The lowest BCUT2D eigenvalue weighted by atomic mass is 10.2. The van der Waals surface area contributed by atoms with Crippen LogP contribution in [0.1, 0.15) is 10.4 Å². The van der Waals surface area contributed by atoms with Gasteiger partial charge >= 0.3 is 5.97 Å². The van der Waals surface area contributed by atoms with Gasteiger partial charge in [0.1, 0.15) is 11.4 Å². The van der Waals surface area contributed by atoms with Crippen molar-refractivity contribution in [2.75, 3.05) is 23.7 Å². The van der Waals surface area contributed by atoms with Gasteiger partial charge in [-0.25, -0.2) is 27.0 Å². The smallest absolute Gasteiger partial charge is 0.339 e. The highest BCUT2D eigenvalue weighted by Gasteiger charge is 2.19. The van der Waals surface area contributed by atoms with Gasteiger partial charge in [0, 0.05) is 14.1 Å². The van der Waals surface area contributed by atoms with Crippen molar-refractivity contribution in [2.24, 2.45) is 0 Å². The van der Waals surface area contributed by atoms with E-state index in [2.05, 4.69) is 9.71 Å². The summed E-state index contributed by atoms with van der Waals surface area (Å²) in [5.41, 5.74) is -0.340. The molecule has 2 aromatic rings. The Balaban J connectivity index is 2.41. The maximum Gasteiger partial charge on any atom is 0.339 e. The third-order valence-corrected chi connectivity index (χ3v) is 4.35. The SMILES string of the molecule is CN(C)c1ncc(NS(=O)(=O)c2ccc(F)c(F)c2)cc1C(=O)O. The van der Waals surface area contributed by atoms with Gasteiger partial charge in [-0.3, -0.25) is 4.72 Å². The molecule has 1 aromatic heterocycles. The van der Waals surface area contributed by atoms with E-state index >= 15 is 0 Å². The zero-order valence-corrected chi connectivity index (χ0v) is 13.4. The van der Waals surface area contributed by atoms with E-state index in [1.54, 1.807) is 14.1 Å². The first-order valence-electron chi connectivity index (χ1n) is 6.50. The molecule has 2 rings (SSSR count). The highest BCUT2D eigenvalue weighted by Crippen LogP contribution is 2.22. The maximum absolute atomic E-state index is 13.2. The Morgan fingerprint density at radius 2 is 1.88 bits per heavy atom. The van der Waals surface area contributed by atoms with E-state index in [1.165, 1.54) is 4.90 Å². The molecule has 0 aliphatic rings. The minimum Gasteiger partial charge on any atom is -0.478 e. The molecule has 24 heavy (non-hydrogen) atoms. The number of rotatable bonds is 5. The monoisotopic (exact) mass is 357 g/mol. The molecule has 0 atom stereocenters. The Morgan fingerprint density at radius 1 is 1.21 bits per heavy atom. The van der Waals surface area contributed by atoms with Crippen LogP contribution in [0, 0.1) is 11.6 Å². The van der Waals surface area contributed by atoms with Crippen molar-refractivity contribution >= 4 is 27.5 Å². The van der Waals surface area contributed by atoms with Crippen LogP contribution >= 0.6 is 0 Å². The van der Waals surface area contributed by atoms with Crippen molar-refractivity contribution in [3.05, 3.63) is 47.7 Å². The molecule has 0 amide bonds. The number of nitrogens with one attached hydrogen (secondary N) is 1. The standard InChI is InChI=1S/C14H13F2N3O4S/c1-19(2)13-10(14(20)21)5-8(7-17-13)18-24(22,23)9-3-4-11(15)12(16)6-9/h3-7,18H,1-2H3,(H,20,21). The maximum atomic E-state index is 13.2. The molecule has 1 aromatic carbocycles. The summed E-state index contributed by atoms with van der Waals surface area (Å²) in [6.45, 7) is 0. The Kier molecular flexibility index (Phi) is 4.69. The van der Waals surface area contributed by atoms with Crippen LogP contribution in [0.4, 0.5) is 20.3 Å². The predicted octanol–water partition coefficient (Wildman–Crippen LogP) is 1.92. The lowest BCUT2D eigenvalue weighted by molar-refractivity contribution is 0.0697. The Hall–Kier alpha value is -2.75. The molecule has 128 valence electrons. The van der Waals surface area contributed by atoms with E-state index in [0.717, 1.165) is 18.3 Å². The summed E-state index contributed by atoms with van der Waals surface area (Å²) in [4.78, 5) is 16.1. The highest BCUT2D eigenvalue weighted by atomic mass is 32.2. The van der Waals surface area contributed by atoms with Crippen LogP contribution in [0.25, 0.3) is 0 Å². The van der Waals surface area contributed by atoms with Gasteiger partial charge in [0.15, 0.2) is 11.6 Å². The molecule has 0 radical (unpaired) electrons. The molecular weight excluding hydrogens is 344 g/mol. The van der Waals surface area contributed by atoms with Crippen molar-refractivity contribution < 1.29 is 27.1 Å². The zero-order valence-electron chi connectivity index (χ0n) is 12.6. The van der Waals surface area contributed by atoms with E-state index in [4.69, 9.17) is 0 Å². The van der Waals surface area contributed by atoms with Crippen LogP contribution in [-0.2, 0) is 10.0 Å². The molecule has 0 spiro atoms. The van der Waals surface area contributed by atoms with Crippen LogP contribution in [0.15, 0.2) is 35.4 Å². The fraction of sp³-hybridized carbons (Fsp3) is 0.143. The first kappa shape index (κ1) is 17.6. The second-order valence-electron chi connectivity index (χ2n) is 4.98. The van der Waals surface area contributed by atoms with Crippen molar-refractivity contribution in [3.8, 4) is 0 Å². The fourth-order valence-electron chi connectivity index (χ4n) is 1.89. The van der Waals surface area contributed by atoms with Crippen LogP contribution in [-0.4, -0.2) is 38.6 Å². The van der Waals surface area contributed by atoms with Crippen LogP contribution in [0.5, 0.6) is 0 Å². The fourth-order valence-corrected chi connectivity index (χ4v) is 2.93. The number of anilines is 2. The van der Waals surface area contributed by atoms with E-state index in [1.807, 2.05) is 0 Å². The van der Waals surface area contributed by atoms with E-state index in [9.17, 15) is 27.1 Å². The number of carboxylic acid groups (broad SMARTS) is 1. The second-order valence-corrected chi connectivity index (χ2v) is 6.66.